The topological polar surface area (TPSA) is 68.8 Å². The number of carbonyl (C=O) groups is 2. The van der Waals surface area contributed by atoms with Crippen molar-refractivity contribution in [2.75, 3.05) is 58.3 Å². The number of likely N-dealkylation sites (N-methyl/N-ethyl adjacent to an activating group) is 1. The molecular weight excluding hydrogens is 338 g/mol. The molecule has 0 radical (unpaired) electrons. The highest BCUT2D eigenvalue weighted by atomic mass is 32.2. The van der Waals surface area contributed by atoms with E-state index in [2.05, 4.69) is 27.1 Å². The second-order valence-electron chi connectivity index (χ2n) is 6.53. The van der Waals surface area contributed by atoms with Gasteiger partial charge in [-0.3, -0.25) is 14.5 Å². The van der Waals surface area contributed by atoms with Gasteiger partial charge in [0, 0.05) is 58.9 Å². The highest BCUT2D eigenvalue weighted by molar-refractivity contribution is 8.00. The molecule has 2 aliphatic rings. The predicted molar refractivity (Wildman–Crippen MR) is 98.9 cm³/mol. The Bertz CT molecular complexity index is 633. The van der Waals surface area contributed by atoms with Gasteiger partial charge in [-0.2, -0.15) is 0 Å². The summed E-state index contributed by atoms with van der Waals surface area (Å²) in [6, 6.07) is 3.69. The highest BCUT2D eigenvalue weighted by Gasteiger charge is 2.33. The number of thioether (sulfide) groups is 1. The minimum absolute atomic E-state index is 0.0419. The van der Waals surface area contributed by atoms with E-state index in [1.54, 1.807) is 18.1 Å². The number of rotatable bonds is 5. The number of aromatic nitrogens is 1. The summed E-state index contributed by atoms with van der Waals surface area (Å²) in [6.07, 6.45) is 1.90. The Labute approximate surface area is 152 Å². The normalized spacial score (nSPS) is 21.9. The first-order chi connectivity index (χ1) is 12.0. The molecule has 3 rings (SSSR count). The average Bonchev–Trinajstić information content (AvgIpc) is 2.61. The van der Waals surface area contributed by atoms with Crippen LogP contribution in [0.3, 0.4) is 0 Å². The zero-order valence-corrected chi connectivity index (χ0v) is 15.6. The van der Waals surface area contributed by atoms with Gasteiger partial charge in [-0.25, -0.2) is 4.98 Å². The molecule has 3 heterocycles. The maximum absolute atomic E-state index is 12.5. The second-order valence-corrected chi connectivity index (χ2v) is 7.72. The van der Waals surface area contributed by atoms with Crippen LogP contribution < -0.4 is 10.2 Å². The predicted octanol–water partition coefficient (Wildman–Crippen LogP) is 0.272. The lowest BCUT2D eigenvalue weighted by molar-refractivity contribution is -0.124. The van der Waals surface area contributed by atoms with Gasteiger partial charge in [0.2, 0.25) is 11.8 Å². The molecule has 2 aliphatic heterocycles. The minimum Gasteiger partial charge on any atom is -0.355 e. The van der Waals surface area contributed by atoms with Gasteiger partial charge >= 0.3 is 0 Å². The van der Waals surface area contributed by atoms with Crippen LogP contribution in [0.15, 0.2) is 23.4 Å². The summed E-state index contributed by atoms with van der Waals surface area (Å²) in [7, 11) is 3.86. The van der Waals surface area contributed by atoms with E-state index in [-0.39, 0.29) is 18.2 Å². The largest absolute Gasteiger partial charge is 0.355 e. The number of hydrogen-bond donors (Lipinski definition) is 1. The molecule has 7 nitrogen and oxygen atoms in total. The molecule has 1 fully saturated rings. The van der Waals surface area contributed by atoms with Crippen molar-refractivity contribution in [1.82, 2.24) is 20.1 Å². The van der Waals surface area contributed by atoms with E-state index in [1.807, 2.05) is 12.1 Å². The molecule has 1 atom stereocenters. The molecule has 1 saturated heterocycles. The highest BCUT2D eigenvalue weighted by Crippen LogP contribution is 2.37. The minimum atomic E-state index is -0.406. The molecule has 1 aromatic heterocycles. The zero-order valence-electron chi connectivity index (χ0n) is 14.8. The first-order valence-corrected chi connectivity index (χ1v) is 9.49. The molecule has 2 amide bonds. The summed E-state index contributed by atoms with van der Waals surface area (Å²) in [4.78, 5) is 35.3. The van der Waals surface area contributed by atoms with Crippen LogP contribution in [0, 0.1) is 0 Å². The lowest BCUT2D eigenvalue weighted by Gasteiger charge is -2.32. The molecule has 25 heavy (non-hydrogen) atoms. The number of nitrogens with zero attached hydrogens (tertiary/aromatic N) is 4. The Morgan fingerprint density at radius 2 is 2.08 bits per heavy atom. The molecule has 0 spiro atoms. The van der Waals surface area contributed by atoms with Crippen molar-refractivity contribution in [2.24, 2.45) is 0 Å². The van der Waals surface area contributed by atoms with Crippen LogP contribution in [-0.4, -0.2) is 85.2 Å². The van der Waals surface area contributed by atoms with Gasteiger partial charge in [-0.05, 0) is 19.2 Å². The first kappa shape index (κ1) is 18.2. The summed E-state index contributed by atoms with van der Waals surface area (Å²) < 4.78 is 0. The summed E-state index contributed by atoms with van der Waals surface area (Å²) >= 11 is 1.38. The molecule has 8 heteroatoms. The fourth-order valence-corrected chi connectivity index (χ4v) is 4.25. The van der Waals surface area contributed by atoms with Crippen LogP contribution in [-0.2, 0) is 9.59 Å². The summed E-state index contributed by atoms with van der Waals surface area (Å²) in [5.74, 6) is -0.118. The Balaban J connectivity index is 1.46. The van der Waals surface area contributed by atoms with E-state index in [9.17, 15) is 9.59 Å². The summed E-state index contributed by atoms with van der Waals surface area (Å²) in [6.45, 7) is 5.70. The molecule has 0 saturated carbocycles. The van der Waals surface area contributed by atoms with E-state index < -0.39 is 5.25 Å². The van der Waals surface area contributed by atoms with Gasteiger partial charge in [-0.15, -0.1) is 0 Å². The Kier molecular flexibility index (Phi) is 5.93. The van der Waals surface area contributed by atoms with Crippen molar-refractivity contribution in [2.45, 2.75) is 16.7 Å². The van der Waals surface area contributed by atoms with E-state index >= 15 is 0 Å². The smallest absolute Gasteiger partial charge is 0.240 e. The third kappa shape index (κ3) is 4.50. The van der Waals surface area contributed by atoms with Crippen LogP contribution in [0.2, 0.25) is 0 Å². The standard InChI is InChI=1S/C17H25N5O2S/c1-20-8-10-22(11-9-20)7-6-18-15(23)12-14-17(24)21(2)13-4-3-5-19-16(13)25-14/h3-5,14H,6-12H2,1-2H3,(H,18,23). The molecule has 136 valence electrons. The van der Waals surface area contributed by atoms with Gasteiger partial charge < -0.3 is 15.1 Å². The first-order valence-electron chi connectivity index (χ1n) is 8.61. The number of carbonyl (C=O) groups excluding carboxylic acids is 2. The van der Waals surface area contributed by atoms with Crippen molar-refractivity contribution in [3.8, 4) is 0 Å². The molecular formula is C17H25N5O2S. The average molecular weight is 363 g/mol. The molecule has 0 aliphatic carbocycles. The lowest BCUT2D eigenvalue weighted by Crippen LogP contribution is -2.47. The van der Waals surface area contributed by atoms with Gasteiger partial charge in [0.05, 0.1) is 10.9 Å². The Morgan fingerprint density at radius 3 is 2.84 bits per heavy atom. The maximum atomic E-state index is 12.5. The number of fused-ring (bicyclic) bond motifs is 1. The van der Waals surface area contributed by atoms with Crippen molar-refractivity contribution >= 4 is 29.3 Å². The fourth-order valence-electron chi connectivity index (χ4n) is 3.04. The quantitative estimate of drug-likeness (QED) is 0.810. The molecule has 1 aromatic rings. The van der Waals surface area contributed by atoms with Crippen molar-refractivity contribution in [3.05, 3.63) is 18.3 Å². The van der Waals surface area contributed by atoms with E-state index in [1.165, 1.54) is 11.8 Å². The third-order valence-electron chi connectivity index (χ3n) is 4.69. The Hall–Kier alpha value is -1.64. The van der Waals surface area contributed by atoms with Crippen LogP contribution in [0.4, 0.5) is 5.69 Å². The molecule has 0 aromatic carbocycles. The van der Waals surface area contributed by atoms with E-state index in [0.29, 0.717) is 6.54 Å². The monoisotopic (exact) mass is 363 g/mol. The van der Waals surface area contributed by atoms with Crippen LogP contribution in [0.1, 0.15) is 6.42 Å². The van der Waals surface area contributed by atoms with Gasteiger partial charge in [0.25, 0.3) is 0 Å². The molecule has 0 bridgehead atoms. The van der Waals surface area contributed by atoms with E-state index in [0.717, 1.165) is 43.4 Å². The third-order valence-corrected chi connectivity index (χ3v) is 5.88. The zero-order chi connectivity index (χ0) is 17.8. The summed E-state index contributed by atoms with van der Waals surface area (Å²) in [5.41, 5.74) is 0.809. The number of pyridine rings is 1. The van der Waals surface area contributed by atoms with Gasteiger partial charge in [0.15, 0.2) is 0 Å². The van der Waals surface area contributed by atoms with Crippen LogP contribution >= 0.6 is 11.8 Å². The Morgan fingerprint density at radius 1 is 1.32 bits per heavy atom. The van der Waals surface area contributed by atoms with Crippen LogP contribution in [0.25, 0.3) is 0 Å². The van der Waals surface area contributed by atoms with Gasteiger partial charge in [-0.1, -0.05) is 11.8 Å². The van der Waals surface area contributed by atoms with Crippen molar-refractivity contribution in [3.63, 3.8) is 0 Å². The number of piperazine rings is 1. The van der Waals surface area contributed by atoms with Gasteiger partial charge in [0.1, 0.15) is 5.03 Å². The number of nitrogens with one attached hydrogen (secondary N) is 1. The summed E-state index contributed by atoms with van der Waals surface area (Å²) in [5, 5.41) is 3.35. The molecule has 1 N–H and O–H groups in total. The molecule has 1 unspecified atom stereocenters. The van der Waals surface area contributed by atoms with Crippen molar-refractivity contribution in [1.29, 1.82) is 0 Å². The van der Waals surface area contributed by atoms with Crippen molar-refractivity contribution < 1.29 is 9.59 Å². The number of anilines is 1. The maximum Gasteiger partial charge on any atom is 0.240 e. The van der Waals surface area contributed by atoms with Crippen LogP contribution in [0.5, 0.6) is 0 Å². The fraction of sp³-hybridized carbons (Fsp3) is 0.588. The lowest BCUT2D eigenvalue weighted by atomic mass is 10.2. The second kappa shape index (κ2) is 8.16. The number of amides is 2. The number of hydrogen-bond acceptors (Lipinski definition) is 6. The van der Waals surface area contributed by atoms with E-state index in [4.69, 9.17) is 0 Å². The SMILES string of the molecule is CN1CCN(CCNC(=O)CC2Sc3ncccc3N(C)C2=O)CC1.